The Bertz CT molecular complexity index is 623. The van der Waals surface area contributed by atoms with E-state index in [1.54, 1.807) is 6.92 Å². The minimum absolute atomic E-state index is 0.0870. The fraction of sp³-hybridized carbons (Fsp3) is 0.625. The zero-order valence-corrected chi connectivity index (χ0v) is 15.3. The van der Waals surface area contributed by atoms with E-state index < -0.39 is 11.9 Å². The van der Waals surface area contributed by atoms with Crippen molar-refractivity contribution in [2.24, 2.45) is 0 Å². The lowest BCUT2D eigenvalue weighted by atomic mass is 10.1. The maximum absolute atomic E-state index is 12.4. The van der Waals surface area contributed by atoms with Crippen LogP contribution in [-0.2, 0) is 4.79 Å². The molecule has 132 valence electrons. The van der Waals surface area contributed by atoms with E-state index in [9.17, 15) is 9.59 Å². The van der Waals surface area contributed by atoms with Crippen molar-refractivity contribution in [2.75, 3.05) is 18.0 Å². The molecular formula is C16H24ClN5O2. The van der Waals surface area contributed by atoms with E-state index in [0.29, 0.717) is 5.95 Å². The van der Waals surface area contributed by atoms with Crippen molar-refractivity contribution in [3.63, 3.8) is 0 Å². The van der Waals surface area contributed by atoms with Crippen LogP contribution in [0.4, 0.5) is 5.95 Å². The summed E-state index contributed by atoms with van der Waals surface area (Å²) in [5, 5.41) is 5.62. The number of amides is 2. The Morgan fingerprint density at radius 1 is 1.29 bits per heavy atom. The number of hydrogen-bond donors (Lipinski definition) is 2. The maximum Gasteiger partial charge on any atom is 0.272 e. The summed E-state index contributed by atoms with van der Waals surface area (Å²) in [5.74, 6) is -0.256. The predicted octanol–water partition coefficient (Wildman–Crippen LogP) is 1.76. The van der Waals surface area contributed by atoms with Gasteiger partial charge in [0, 0.05) is 18.6 Å². The van der Waals surface area contributed by atoms with E-state index in [1.165, 1.54) is 6.20 Å². The summed E-state index contributed by atoms with van der Waals surface area (Å²) in [6.45, 7) is 8.99. The molecule has 2 N–H and O–H groups in total. The summed E-state index contributed by atoms with van der Waals surface area (Å²) in [5.41, 5.74) is -0.282. The lowest BCUT2D eigenvalue weighted by Crippen LogP contribution is -2.51. The normalized spacial score (nSPS) is 16.0. The van der Waals surface area contributed by atoms with Crippen LogP contribution in [0.25, 0.3) is 0 Å². The molecule has 7 nitrogen and oxygen atoms in total. The zero-order chi connectivity index (χ0) is 17.9. The lowest BCUT2D eigenvalue weighted by molar-refractivity contribution is -0.124. The third kappa shape index (κ3) is 4.80. The van der Waals surface area contributed by atoms with Crippen LogP contribution in [0.5, 0.6) is 0 Å². The molecule has 2 heterocycles. The molecule has 1 fully saturated rings. The molecule has 1 saturated heterocycles. The van der Waals surface area contributed by atoms with E-state index in [0.717, 1.165) is 25.9 Å². The van der Waals surface area contributed by atoms with Crippen LogP contribution in [0.1, 0.15) is 51.0 Å². The Morgan fingerprint density at radius 3 is 2.50 bits per heavy atom. The fourth-order valence-corrected chi connectivity index (χ4v) is 2.57. The van der Waals surface area contributed by atoms with E-state index in [1.807, 2.05) is 25.7 Å². The molecule has 0 saturated carbocycles. The van der Waals surface area contributed by atoms with Crippen molar-refractivity contribution >= 4 is 29.4 Å². The summed E-state index contributed by atoms with van der Waals surface area (Å²) >= 11 is 6.06. The molecule has 1 aromatic heterocycles. The second-order valence-corrected chi connectivity index (χ2v) is 7.40. The van der Waals surface area contributed by atoms with Gasteiger partial charge in [-0.1, -0.05) is 11.6 Å². The third-order valence-electron chi connectivity index (χ3n) is 3.57. The van der Waals surface area contributed by atoms with Crippen molar-refractivity contribution in [3.8, 4) is 0 Å². The van der Waals surface area contributed by atoms with Gasteiger partial charge in [-0.15, -0.1) is 0 Å². The number of halogens is 1. The Kier molecular flexibility index (Phi) is 5.64. The lowest BCUT2D eigenvalue weighted by Gasteiger charge is -2.23. The van der Waals surface area contributed by atoms with Crippen LogP contribution in [0.15, 0.2) is 6.20 Å². The van der Waals surface area contributed by atoms with Gasteiger partial charge < -0.3 is 15.5 Å². The highest BCUT2D eigenvalue weighted by Gasteiger charge is 2.24. The van der Waals surface area contributed by atoms with Crippen molar-refractivity contribution in [1.29, 1.82) is 0 Å². The highest BCUT2D eigenvalue weighted by molar-refractivity contribution is 6.33. The largest absolute Gasteiger partial charge is 0.350 e. The van der Waals surface area contributed by atoms with Crippen LogP contribution < -0.4 is 15.5 Å². The summed E-state index contributed by atoms with van der Waals surface area (Å²) in [6, 6.07) is -0.696. The number of rotatable bonds is 4. The predicted molar refractivity (Wildman–Crippen MR) is 93.3 cm³/mol. The smallest absolute Gasteiger partial charge is 0.272 e. The second-order valence-electron chi connectivity index (χ2n) is 7.00. The minimum atomic E-state index is -0.696. The summed E-state index contributed by atoms with van der Waals surface area (Å²) in [6.07, 6.45) is 3.59. The number of hydrogen-bond acceptors (Lipinski definition) is 5. The molecule has 2 amide bonds. The van der Waals surface area contributed by atoms with Gasteiger partial charge in [-0.25, -0.2) is 9.97 Å². The molecular weight excluding hydrogens is 330 g/mol. The first kappa shape index (κ1) is 18.4. The topological polar surface area (TPSA) is 87.2 Å². The Balaban J connectivity index is 2.08. The van der Waals surface area contributed by atoms with Gasteiger partial charge in [0.25, 0.3) is 5.91 Å². The van der Waals surface area contributed by atoms with Gasteiger partial charge in [0.05, 0.1) is 11.2 Å². The standard InChI is InChI=1S/C16H24ClN5O2/c1-10(13(23)21-16(2,3)4)19-14(24)12-11(17)9-18-15(20-12)22-7-5-6-8-22/h9-10H,5-8H2,1-4H3,(H,19,24)(H,21,23). The first-order valence-corrected chi connectivity index (χ1v) is 8.45. The van der Waals surface area contributed by atoms with Crippen LogP contribution in [0.3, 0.4) is 0 Å². The van der Waals surface area contributed by atoms with Gasteiger partial charge in [-0.05, 0) is 40.5 Å². The van der Waals surface area contributed by atoms with Gasteiger partial charge in [-0.2, -0.15) is 0 Å². The molecule has 1 aliphatic heterocycles. The molecule has 0 radical (unpaired) electrons. The molecule has 1 unspecified atom stereocenters. The summed E-state index contributed by atoms with van der Waals surface area (Å²) in [4.78, 5) is 35.0. The molecule has 0 bridgehead atoms. The van der Waals surface area contributed by atoms with Crippen molar-refractivity contribution in [1.82, 2.24) is 20.6 Å². The molecule has 1 aliphatic rings. The molecule has 2 rings (SSSR count). The highest BCUT2D eigenvalue weighted by Crippen LogP contribution is 2.19. The van der Waals surface area contributed by atoms with Crippen LogP contribution in [0, 0.1) is 0 Å². The maximum atomic E-state index is 12.4. The Hall–Kier alpha value is -1.89. The van der Waals surface area contributed by atoms with E-state index in [-0.39, 0.29) is 22.2 Å². The molecule has 0 spiro atoms. The molecule has 1 aromatic rings. The van der Waals surface area contributed by atoms with Gasteiger partial charge in [0.1, 0.15) is 6.04 Å². The minimum Gasteiger partial charge on any atom is -0.350 e. The van der Waals surface area contributed by atoms with E-state index in [4.69, 9.17) is 11.6 Å². The Labute approximate surface area is 147 Å². The molecule has 0 aromatic carbocycles. The highest BCUT2D eigenvalue weighted by atomic mass is 35.5. The average molecular weight is 354 g/mol. The number of nitrogens with zero attached hydrogens (tertiary/aromatic N) is 3. The van der Waals surface area contributed by atoms with Crippen LogP contribution in [0.2, 0.25) is 5.02 Å². The molecule has 0 aliphatic carbocycles. The van der Waals surface area contributed by atoms with Crippen LogP contribution >= 0.6 is 11.6 Å². The summed E-state index contributed by atoms with van der Waals surface area (Å²) < 4.78 is 0. The summed E-state index contributed by atoms with van der Waals surface area (Å²) in [7, 11) is 0. The van der Waals surface area contributed by atoms with Crippen molar-refractivity contribution in [3.05, 3.63) is 16.9 Å². The van der Waals surface area contributed by atoms with Crippen molar-refractivity contribution < 1.29 is 9.59 Å². The van der Waals surface area contributed by atoms with E-state index in [2.05, 4.69) is 20.6 Å². The quantitative estimate of drug-likeness (QED) is 0.861. The number of anilines is 1. The van der Waals surface area contributed by atoms with Gasteiger partial charge in [0.2, 0.25) is 11.9 Å². The number of carbonyl (C=O) groups excluding carboxylic acids is 2. The fourth-order valence-electron chi connectivity index (χ4n) is 2.39. The van der Waals surface area contributed by atoms with Gasteiger partial charge in [0.15, 0.2) is 5.69 Å². The Morgan fingerprint density at radius 2 is 1.92 bits per heavy atom. The number of aromatic nitrogens is 2. The number of nitrogens with one attached hydrogen (secondary N) is 2. The van der Waals surface area contributed by atoms with Gasteiger partial charge >= 0.3 is 0 Å². The molecule has 8 heteroatoms. The van der Waals surface area contributed by atoms with E-state index >= 15 is 0 Å². The average Bonchev–Trinajstić information content (AvgIpc) is 3.00. The van der Waals surface area contributed by atoms with Gasteiger partial charge in [-0.3, -0.25) is 9.59 Å². The first-order chi connectivity index (χ1) is 11.2. The molecule has 1 atom stereocenters. The zero-order valence-electron chi connectivity index (χ0n) is 14.5. The number of carbonyl (C=O) groups is 2. The van der Waals surface area contributed by atoms with Crippen LogP contribution in [-0.4, -0.2) is 46.5 Å². The second kappa shape index (κ2) is 7.34. The monoisotopic (exact) mass is 353 g/mol. The van der Waals surface area contributed by atoms with Crippen molar-refractivity contribution in [2.45, 2.75) is 52.1 Å². The molecule has 24 heavy (non-hydrogen) atoms. The third-order valence-corrected chi connectivity index (χ3v) is 3.85. The first-order valence-electron chi connectivity index (χ1n) is 8.08. The SMILES string of the molecule is CC(NC(=O)c1nc(N2CCCC2)ncc1Cl)C(=O)NC(C)(C)C.